The maximum absolute atomic E-state index is 6.08. The van der Waals surface area contributed by atoms with E-state index >= 15 is 0 Å². The fourth-order valence-electron chi connectivity index (χ4n) is 2.20. The lowest BCUT2D eigenvalue weighted by Crippen LogP contribution is -2.41. The average molecular weight is 235 g/mol. The van der Waals surface area contributed by atoms with E-state index in [1.165, 1.54) is 5.56 Å². The second-order valence-corrected chi connectivity index (χ2v) is 4.78. The molecule has 0 radical (unpaired) electrons. The summed E-state index contributed by atoms with van der Waals surface area (Å²) in [5.41, 5.74) is 1.19. The van der Waals surface area contributed by atoms with Gasteiger partial charge in [0.05, 0.1) is 7.11 Å². The Kier molecular flexibility index (Phi) is 3.89. The Balaban J connectivity index is 2.11. The molecule has 94 valence electrons. The average Bonchev–Trinajstić information content (AvgIpc) is 2.34. The highest BCUT2D eigenvalue weighted by molar-refractivity contribution is 5.42. The number of rotatable bonds is 3. The van der Waals surface area contributed by atoms with Gasteiger partial charge in [0.25, 0.3) is 0 Å². The van der Waals surface area contributed by atoms with Crippen LogP contribution in [0, 0.1) is 12.8 Å². The van der Waals surface area contributed by atoms with Crippen molar-refractivity contribution in [3.05, 3.63) is 23.8 Å². The highest BCUT2D eigenvalue weighted by Gasteiger charge is 2.23. The summed E-state index contributed by atoms with van der Waals surface area (Å²) < 4.78 is 11.4. The van der Waals surface area contributed by atoms with Gasteiger partial charge in [0.2, 0.25) is 0 Å². The molecule has 0 aliphatic carbocycles. The summed E-state index contributed by atoms with van der Waals surface area (Å²) in [6, 6.07) is 6.08. The Morgan fingerprint density at radius 3 is 2.82 bits per heavy atom. The van der Waals surface area contributed by atoms with Crippen molar-refractivity contribution in [2.45, 2.75) is 26.4 Å². The molecule has 2 unspecified atom stereocenters. The van der Waals surface area contributed by atoms with E-state index < -0.39 is 0 Å². The number of benzene rings is 1. The smallest absolute Gasteiger partial charge is 0.161 e. The zero-order valence-electron chi connectivity index (χ0n) is 10.8. The van der Waals surface area contributed by atoms with Crippen molar-refractivity contribution in [1.29, 1.82) is 0 Å². The third-order valence-electron chi connectivity index (χ3n) is 3.30. The Hall–Kier alpha value is -1.22. The summed E-state index contributed by atoms with van der Waals surface area (Å²) in [5, 5.41) is 3.38. The fraction of sp³-hybridized carbons (Fsp3) is 0.571. The molecule has 2 rings (SSSR count). The van der Waals surface area contributed by atoms with Crippen molar-refractivity contribution < 1.29 is 9.47 Å². The minimum absolute atomic E-state index is 0.285. The largest absolute Gasteiger partial charge is 0.493 e. The molecule has 17 heavy (non-hydrogen) atoms. The summed E-state index contributed by atoms with van der Waals surface area (Å²) in [7, 11) is 1.69. The Bertz CT molecular complexity index is 378. The molecule has 0 amide bonds. The van der Waals surface area contributed by atoms with Crippen molar-refractivity contribution >= 4 is 0 Å². The molecule has 0 saturated carbocycles. The summed E-state index contributed by atoms with van der Waals surface area (Å²) >= 11 is 0. The van der Waals surface area contributed by atoms with Gasteiger partial charge in [0.15, 0.2) is 11.5 Å². The van der Waals surface area contributed by atoms with Crippen LogP contribution in [0.25, 0.3) is 0 Å². The van der Waals surface area contributed by atoms with E-state index in [-0.39, 0.29) is 6.10 Å². The molecular formula is C14H21NO2. The topological polar surface area (TPSA) is 30.5 Å². The maximum Gasteiger partial charge on any atom is 0.161 e. The standard InChI is InChI=1S/C14H21NO2/c1-10-4-5-13(14(8-10)16-3)17-12-6-7-15-9-11(12)2/h4-5,8,11-12,15H,6-7,9H2,1-3H3. The molecule has 2 atom stereocenters. The fourth-order valence-corrected chi connectivity index (χ4v) is 2.20. The molecule has 1 fully saturated rings. The predicted molar refractivity (Wildman–Crippen MR) is 68.8 cm³/mol. The monoisotopic (exact) mass is 235 g/mol. The molecule has 1 saturated heterocycles. The van der Waals surface area contributed by atoms with Crippen LogP contribution < -0.4 is 14.8 Å². The van der Waals surface area contributed by atoms with Gasteiger partial charge in [-0.05, 0) is 37.6 Å². The molecule has 3 nitrogen and oxygen atoms in total. The van der Waals surface area contributed by atoms with Gasteiger partial charge in [-0.1, -0.05) is 13.0 Å². The van der Waals surface area contributed by atoms with Crippen LogP contribution in [0.3, 0.4) is 0 Å². The highest BCUT2D eigenvalue weighted by atomic mass is 16.5. The third-order valence-corrected chi connectivity index (χ3v) is 3.30. The minimum atomic E-state index is 0.285. The molecule has 1 heterocycles. The van der Waals surface area contributed by atoms with Gasteiger partial charge >= 0.3 is 0 Å². The van der Waals surface area contributed by atoms with E-state index in [1.807, 2.05) is 12.1 Å². The predicted octanol–water partition coefficient (Wildman–Crippen LogP) is 2.38. The van der Waals surface area contributed by atoms with Crippen LogP contribution >= 0.6 is 0 Å². The molecule has 0 aromatic heterocycles. The summed E-state index contributed by atoms with van der Waals surface area (Å²) in [6.07, 6.45) is 1.34. The van der Waals surface area contributed by atoms with Gasteiger partial charge in [0.1, 0.15) is 6.10 Å². The first-order chi connectivity index (χ1) is 8.20. The molecular weight excluding hydrogens is 214 g/mol. The van der Waals surface area contributed by atoms with Crippen LogP contribution in [0.4, 0.5) is 0 Å². The Labute approximate surface area is 103 Å². The molecule has 0 spiro atoms. The van der Waals surface area contributed by atoms with E-state index in [1.54, 1.807) is 7.11 Å². The highest BCUT2D eigenvalue weighted by Crippen LogP contribution is 2.30. The number of methoxy groups -OCH3 is 1. The summed E-state index contributed by atoms with van der Waals surface area (Å²) in [6.45, 7) is 6.33. The normalized spacial score (nSPS) is 24.4. The Morgan fingerprint density at radius 2 is 2.12 bits per heavy atom. The van der Waals surface area contributed by atoms with Crippen molar-refractivity contribution in [2.24, 2.45) is 5.92 Å². The number of aryl methyl sites for hydroxylation is 1. The van der Waals surface area contributed by atoms with Crippen LogP contribution in [0.15, 0.2) is 18.2 Å². The molecule has 1 N–H and O–H groups in total. The van der Waals surface area contributed by atoms with Gasteiger partial charge in [-0.15, -0.1) is 0 Å². The minimum Gasteiger partial charge on any atom is -0.493 e. The lowest BCUT2D eigenvalue weighted by Gasteiger charge is -2.30. The lowest BCUT2D eigenvalue weighted by molar-refractivity contribution is 0.108. The molecule has 0 bridgehead atoms. The molecule has 1 aliphatic rings. The molecule has 3 heteroatoms. The zero-order chi connectivity index (χ0) is 12.3. The Morgan fingerprint density at radius 1 is 1.29 bits per heavy atom. The van der Waals surface area contributed by atoms with E-state index in [9.17, 15) is 0 Å². The number of nitrogens with one attached hydrogen (secondary N) is 1. The van der Waals surface area contributed by atoms with Crippen LogP contribution in [-0.4, -0.2) is 26.3 Å². The van der Waals surface area contributed by atoms with Gasteiger partial charge in [0, 0.05) is 12.5 Å². The number of piperidine rings is 1. The van der Waals surface area contributed by atoms with Crippen molar-refractivity contribution in [2.75, 3.05) is 20.2 Å². The van der Waals surface area contributed by atoms with Gasteiger partial charge in [-0.2, -0.15) is 0 Å². The first kappa shape index (κ1) is 12.2. The summed E-state index contributed by atoms with van der Waals surface area (Å²) in [5.74, 6) is 2.22. The third kappa shape index (κ3) is 2.91. The van der Waals surface area contributed by atoms with Gasteiger partial charge in [-0.25, -0.2) is 0 Å². The molecule has 1 aliphatic heterocycles. The number of hydrogen-bond acceptors (Lipinski definition) is 3. The van der Waals surface area contributed by atoms with Gasteiger partial charge < -0.3 is 14.8 Å². The second kappa shape index (κ2) is 5.41. The lowest BCUT2D eigenvalue weighted by atomic mass is 9.98. The zero-order valence-corrected chi connectivity index (χ0v) is 10.8. The number of ether oxygens (including phenoxy) is 2. The van der Waals surface area contributed by atoms with Crippen LogP contribution in [0.5, 0.6) is 11.5 Å². The first-order valence-electron chi connectivity index (χ1n) is 6.22. The SMILES string of the molecule is COc1cc(C)ccc1OC1CCNCC1C. The second-order valence-electron chi connectivity index (χ2n) is 4.78. The van der Waals surface area contributed by atoms with Crippen LogP contribution in [-0.2, 0) is 0 Å². The summed E-state index contributed by atoms with van der Waals surface area (Å²) in [4.78, 5) is 0. The van der Waals surface area contributed by atoms with E-state index in [0.717, 1.165) is 31.0 Å². The first-order valence-corrected chi connectivity index (χ1v) is 6.22. The van der Waals surface area contributed by atoms with E-state index in [0.29, 0.717) is 5.92 Å². The van der Waals surface area contributed by atoms with Crippen molar-refractivity contribution in [1.82, 2.24) is 5.32 Å². The quantitative estimate of drug-likeness (QED) is 0.872. The molecule has 1 aromatic rings. The van der Waals surface area contributed by atoms with E-state index in [2.05, 4.69) is 25.2 Å². The van der Waals surface area contributed by atoms with Crippen molar-refractivity contribution in [3.63, 3.8) is 0 Å². The van der Waals surface area contributed by atoms with E-state index in [4.69, 9.17) is 9.47 Å². The molecule has 1 aromatic carbocycles. The maximum atomic E-state index is 6.08. The van der Waals surface area contributed by atoms with Crippen LogP contribution in [0.1, 0.15) is 18.9 Å². The van der Waals surface area contributed by atoms with Crippen LogP contribution in [0.2, 0.25) is 0 Å². The van der Waals surface area contributed by atoms with Crippen molar-refractivity contribution in [3.8, 4) is 11.5 Å². The van der Waals surface area contributed by atoms with Gasteiger partial charge in [-0.3, -0.25) is 0 Å². The number of hydrogen-bond donors (Lipinski definition) is 1.